The normalized spacial score (nSPS) is 18.0. The highest BCUT2D eigenvalue weighted by atomic mass is 35.5. The van der Waals surface area contributed by atoms with E-state index in [-0.39, 0.29) is 11.3 Å². The quantitative estimate of drug-likeness (QED) is 0.891. The minimum absolute atomic E-state index is 0.102. The van der Waals surface area contributed by atoms with Gasteiger partial charge in [-0.15, -0.1) is 0 Å². The van der Waals surface area contributed by atoms with Gasteiger partial charge in [-0.2, -0.15) is 0 Å². The van der Waals surface area contributed by atoms with Gasteiger partial charge in [0.25, 0.3) is 0 Å². The van der Waals surface area contributed by atoms with Crippen molar-refractivity contribution in [2.24, 2.45) is 11.1 Å². The van der Waals surface area contributed by atoms with Gasteiger partial charge in [-0.25, -0.2) is 0 Å². The first kappa shape index (κ1) is 14.4. The molecule has 4 heteroatoms. The average Bonchev–Trinajstić information content (AvgIpc) is 2.47. The summed E-state index contributed by atoms with van der Waals surface area (Å²) in [5, 5.41) is 3.73. The summed E-state index contributed by atoms with van der Waals surface area (Å²) < 4.78 is 0. The lowest BCUT2D eigenvalue weighted by atomic mass is 9.73. The highest BCUT2D eigenvalue weighted by Gasteiger charge is 2.37. The Kier molecular flexibility index (Phi) is 4.83. The Morgan fingerprint density at radius 1 is 1.21 bits per heavy atom. The van der Waals surface area contributed by atoms with Crippen molar-refractivity contribution in [1.82, 2.24) is 5.32 Å². The number of carbonyl (C=O) groups excluding carboxylic acids is 1. The second-order valence-corrected chi connectivity index (χ2v) is 5.79. The molecular formula is C15H21ClN2O. The summed E-state index contributed by atoms with van der Waals surface area (Å²) in [7, 11) is 0. The summed E-state index contributed by atoms with van der Waals surface area (Å²) >= 11 is 5.84. The number of rotatable bonds is 4. The Balaban J connectivity index is 1.94. The zero-order valence-corrected chi connectivity index (χ0v) is 11.9. The molecule has 0 saturated heterocycles. The third-order valence-electron chi connectivity index (χ3n) is 4.05. The zero-order chi connectivity index (χ0) is 13.7. The molecule has 0 bridgehead atoms. The predicted octanol–water partition coefficient (Wildman–Crippen LogP) is 2.87. The maximum atomic E-state index is 12.4. The van der Waals surface area contributed by atoms with Gasteiger partial charge in [0, 0.05) is 18.1 Å². The largest absolute Gasteiger partial charge is 0.352 e. The van der Waals surface area contributed by atoms with Crippen LogP contribution in [0.3, 0.4) is 0 Å². The van der Waals surface area contributed by atoms with Gasteiger partial charge >= 0.3 is 0 Å². The Morgan fingerprint density at radius 3 is 2.42 bits per heavy atom. The van der Waals surface area contributed by atoms with Gasteiger partial charge in [-0.3, -0.25) is 4.79 Å². The van der Waals surface area contributed by atoms with Crippen LogP contribution in [0.4, 0.5) is 0 Å². The number of nitrogens with two attached hydrogens (primary N) is 1. The summed E-state index contributed by atoms with van der Waals surface area (Å²) in [6, 6.07) is 7.53. The van der Waals surface area contributed by atoms with Crippen LogP contribution in [0, 0.1) is 5.41 Å². The molecule has 0 radical (unpaired) electrons. The number of hydrogen-bond acceptors (Lipinski definition) is 2. The van der Waals surface area contributed by atoms with E-state index in [2.05, 4.69) is 5.32 Å². The molecule has 3 N–H and O–H groups in total. The molecule has 1 aliphatic rings. The molecule has 0 aromatic heterocycles. The summed E-state index contributed by atoms with van der Waals surface area (Å²) in [5.74, 6) is 0.102. The maximum Gasteiger partial charge on any atom is 0.227 e. The molecule has 3 nitrogen and oxygen atoms in total. The van der Waals surface area contributed by atoms with Crippen LogP contribution in [0.25, 0.3) is 0 Å². The molecule has 104 valence electrons. The van der Waals surface area contributed by atoms with Gasteiger partial charge in [-0.1, -0.05) is 43.0 Å². The van der Waals surface area contributed by atoms with E-state index < -0.39 is 0 Å². The van der Waals surface area contributed by atoms with Crippen molar-refractivity contribution in [3.8, 4) is 0 Å². The summed E-state index contributed by atoms with van der Waals surface area (Å²) in [5.41, 5.74) is 6.56. The van der Waals surface area contributed by atoms with E-state index >= 15 is 0 Å². The topological polar surface area (TPSA) is 55.1 Å². The van der Waals surface area contributed by atoms with Crippen molar-refractivity contribution in [3.63, 3.8) is 0 Å². The molecule has 1 aromatic carbocycles. The fourth-order valence-electron chi connectivity index (χ4n) is 2.72. The van der Waals surface area contributed by atoms with Crippen molar-refractivity contribution < 1.29 is 4.79 Å². The highest BCUT2D eigenvalue weighted by Crippen LogP contribution is 2.35. The van der Waals surface area contributed by atoms with Crippen LogP contribution in [0.5, 0.6) is 0 Å². The van der Waals surface area contributed by atoms with Crippen LogP contribution >= 0.6 is 11.6 Å². The van der Waals surface area contributed by atoms with Crippen molar-refractivity contribution in [1.29, 1.82) is 0 Å². The molecule has 1 fully saturated rings. The molecule has 1 aliphatic carbocycles. The predicted molar refractivity (Wildman–Crippen MR) is 77.9 cm³/mol. The van der Waals surface area contributed by atoms with E-state index in [1.165, 1.54) is 6.42 Å². The van der Waals surface area contributed by atoms with Crippen molar-refractivity contribution in [2.45, 2.75) is 38.6 Å². The minimum atomic E-state index is -0.343. The van der Waals surface area contributed by atoms with Gasteiger partial charge in [-0.05, 0) is 30.5 Å². The Hall–Kier alpha value is -1.06. The van der Waals surface area contributed by atoms with Crippen molar-refractivity contribution in [3.05, 3.63) is 34.9 Å². The van der Waals surface area contributed by atoms with Crippen LogP contribution in [-0.4, -0.2) is 12.5 Å². The molecule has 19 heavy (non-hydrogen) atoms. The first-order valence-electron chi connectivity index (χ1n) is 6.89. The molecule has 0 aliphatic heterocycles. The van der Waals surface area contributed by atoms with Crippen LogP contribution in [0.1, 0.15) is 37.7 Å². The Labute approximate surface area is 119 Å². The van der Waals surface area contributed by atoms with Crippen LogP contribution in [0.15, 0.2) is 24.3 Å². The fourth-order valence-corrected chi connectivity index (χ4v) is 2.85. The number of nitrogens with one attached hydrogen (secondary N) is 1. The van der Waals surface area contributed by atoms with Crippen molar-refractivity contribution in [2.75, 3.05) is 6.54 Å². The van der Waals surface area contributed by atoms with Gasteiger partial charge in [0.15, 0.2) is 0 Å². The molecule has 0 heterocycles. The number of carbonyl (C=O) groups is 1. The fraction of sp³-hybridized carbons (Fsp3) is 0.533. The van der Waals surface area contributed by atoms with E-state index in [4.69, 9.17) is 17.3 Å². The third-order valence-corrected chi connectivity index (χ3v) is 4.30. The second-order valence-electron chi connectivity index (χ2n) is 5.35. The highest BCUT2D eigenvalue weighted by molar-refractivity contribution is 6.30. The molecular weight excluding hydrogens is 260 g/mol. The van der Waals surface area contributed by atoms with E-state index in [9.17, 15) is 4.79 Å². The molecule has 0 spiro atoms. The molecule has 1 amide bonds. The molecule has 1 saturated carbocycles. The summed E-state index contributed by atoms with van der Waals surface area (Å²) in [6.07, 6.45) is 5.25. The first-order chi connectivity index (χ1) is 9.16. The SMILES string of the molecule is NCC1(C(=O)NCc2ccc(Cl)cc2)CCCCC1. The number of hydrogen-bond donors (Lipinski definition) is 2. The van der Waals surface area contributed by atoms with Crippen LogP contribution in [-0.2, 0) is 11.3 Å². The summed E-state index contributed by atoms with van der Waals surface area (Å²) in [4.78, 5) is 12.4. The van der Waals surface area contributed by atoms with E-state index in [0.29, 0.717) is 18.1 Å². The summed E-state index contributed by atoms with van der Waals surface area (Å²) in [6.45, 7) is 0.983. The molecule has 1 aromatic rings. The van der Waals surface area contributed by atoms with E-state index in [1.54, 1.807) is 0 Å². The van der Waals surface area contributed by atoms with Gasteiger partial charge in [0.2, 0.25) is 5.91 Å². The van der Waals surface area contributed by atoms with Gasteiger partial charge in [0.05, 0.1) is 5.41 Å². The van der Waals surface area contributed by atoms with Gasteiger partial charge in [0.1, 0.15) is 0 Å². The van der Waals surface area contributed by atoms with E-state index in [1.807, 2.05) is 24.3 Å². The number of benzene rings is 1. The smallest absolute Gasteiger partial charge is 0.227 e. The number of amides is 1. The zero-order valence-electron chi connectivity index (χ0n) is 11.1. The third kappa shape index (κ3) is 3.48. The van der Waals surface area contributed by atoms with Crippen LogP contribution in [0.2, 0.25) is 5.02 Å². The molecule has 0 atom stereocenters. The Morgan fingerprint density at radius 2 is 1.84 bits per heavy atom. The lowest BCUT2D eigenvalue weighted by Gasteiger charge is -2.34. The lowest BCUT2D eigenvalue weighted by molar-refractivity contribution is -0.132. The number of halogens is 1. The molecule has 0 unspecified atom stereocenters. The van der Waals surface area contributed by atoms with Gasteiger partial charge < -0.3 is 11.1 Å². The second kappa shape index (κ2) is 6.40. The van der Waals surface area contributed by atoms with E-state index in [0.717, 1.165) is 31.2 Å². The minimum Gasteiger partial charge on any atom is -0.352 e. The van der Waals surface area contributed by atoms with Crippen molar-refractivity contribution >= 4 is 17.5 Å². The molecule has 2 rings (SSSR count). The standard InChI is InChI=1S/C15H21ClN2O/c16-13-6-4-12(5-7-13)10-18-14(19)15(11-17)8-2-1-3-9-15/h4-7H,1-3,8-11,17H2,(H,18,19). The average molecular weight is 281 g/mol. The van der Waals surface area contributed by atoms with Crippen LogP contribution < -0.4 is 11.1 Å². The maximum absolute atomic E-state index is 12.4. The first-order valence-corrected chi connectivity index (χ1v) is 7.27. The Bertz CT molecular complexity index is 424. The monoisotopic (exact) mass is 280 g/mol. The lowest BCUT2D eigenvalue weighted by Crippen LogP contribution is -2.46.